The van der Waals surface area contributed by atoms with Crippen molar-refractivity contribution in [1.82, 2.24) is 20.9 Å². The SMILES string of the molecule is CC(C)C[C@H](NC(=O)[C@@H](Cc1ccccc1)NC(=O)[C@H](N)Cc1ccccc1)C(=O)N[C@@H](CCCCN)C(=O)N1CCC(N)(C(=O)O)CC1. The molecule has 0 spiro atoms. The summed E-state index contributed by atoms with van der Waals surface area (Å²) >= 11 is 0. The van der Waals surface area contributed by atoms with E-state index in [1.54, 1.807) is 0 Å². The van der Waals surface area contributed by atoms with E-state index in [-0.39, 0.29) is 57.0 Å². The van der Waals surface area contributed by atoms with Gasteiger partial charge in [0.15, 0.2) is 0 Å². The number of unbranched alkanes of at least 4 members (excludes halogenated alkanes) is 1. The standard InChI is InChI=1S/C36H53N7O6/c1-24(2)21-29(32(45)40-28(15-9-10-18-37)34(47)43-19-16-36(39,17-20-43)35(48)49)42-33(46)30(23-26-13-7-4-8-14-26)41-31(44)27(38)22-25-11-5-3-6-12-25/h3-8,11-14,24,27-30H,9-10,15-23,37-39H2,1-2H3,(H,40,45)(H,41,44)(H,42,46)(H,48,49)/t27-,28+,29+,30-/m1/s1. The third-order valence-electron chi connectivity index (χ3n) is 8.85. The third-order valence-corrected chi connectivity index (χ3v) is 8.85. The Morgan fingerprint density at radius 3 is 1.82 bits per heavy atom. The molecule has 13 heteroatoms. The first-order chi connectivity index (χ1) is 23.3. The van der Waals surface area contributed by atoms with Crippen molar-refractivity contribution in [3.8, 4) is 0 Å². The van der Waals surface area contributed by atoms with Crippen LogP contribution in [0.25, 0.3) is 0 Å². The summed E-state index contributed by atoms with van der Waals surface area (Å²) in [4.78, 5) is 67.7. The maximum Gasteiger partial charge on any atom is 0.323 e. The van der Waals surface area contributed by atoms with Crippen molar-refractivity contribution in [2.24, 2.45) is 23.1 Å². The summed E-state index contributed by atoms with van der Waals surface area (Å²) in [5, 5.41) is 18.0. The number of rotatable bonds is 18. The molecule has 268 valence electrons. The number of carbonyl (C=O) groups is 5. The van der Waals surface area contributed by atoms with Gasteiger partial charge in [-0.2, -0.15) is 0 Å². The van der Waals surface area contributed by atoms with Gasteiger partial charge in [-0.1, -0.05) is 74.5 Å². The molecule has 0 saturated carbocycles. The fourth-order valence-electron chi connectivity index (χ4n) is 5.86. The number of carboxylic acids is 1. The van der Waals surface area contributed by atoms with E-state index >= 15 is 0 Å². The molecule has 2 aromatic carbocycles. The molecular formula is C36H53N7O6. The average molecular weight is 680 g/mol. The molecule has 49 heavy (non-hydrogen) atoms. The van der Waals surface area contributed by atoms with Crippen molar-refractivity contribution in [2.45, 2.75) is 94.9 Å². The Bertz CT molecular complexity index is 1380. The number of aliphatic carboxylic acids is 1. The second-order valence-corrected chi connectivity index (χ2v) is 13.4. The van der Waals surface area contributed by atoms with E-state index in [0.717, 1.165) is 11.1 Å². The Balaban J connectivity index is 1.77. The third kappa shape index (κ3) is 12.3. The number of nitrogens with two attached hydrogens (primary N) is 3. The molecule has 0 bridgehead atoms. The Morgan fingerprint density at radius 2 is 1.29 bits per heavy atom. The maximum atomic E-state index is 13.9. The summed E-state index contributed by atoms with van der Waals surface area (Å²) in [6.45, 7) is 4.53. The van der Waals surface area contributed by atoms with Gasteiger partial charge in [0.05, 0.1) is 6.04 Å². The number of carbonyl (C=O) groups excluding carboxylic acids is 4. The van der Waals surface area contributed by atoms with Crippen molar-refractivity contribution in [1.29, 1.82) is 0 Å². The zero-order chi connectivity index (χ0) is 36.0. The lowest BCUT2D eigenvalue weighted by Gasteiger charge is -2.38. The Labute approximate surface area is 288 Å². The van der Waals surface area contributed by atoms with E-state index in [1.807, 2.05) is 74.5 Å². The van der Waals surface area contributed by atoms with Crippen LogP contribution in [0.5, 0.6) is 0 Å². The second-order valence-electron chi connectivity index (χ2n) is 13.4. The second kappa shape index (κ2) is 19.0. The van der Waals surface area contributed by atoms with Gasteiger partial charge in [0, 0.05) is 19.5 Å². The van der Waals surface area contributed by atoms with Gasteiger partial charge in [0.2, 0.25) is 23.6 Å². The number of nitrogens with one attached hydrogen (secondary N) is 3. The number of nitrogens with zero attached hydrogens (tertiary/aromatic N) is 1. The van der Waals surface area contributed by atoms with Crippen LogP contribution >= 0.6 is 0 Å². The van der Waals surface area contributed by atoms with Gasteiger partial charge >= 0.3 is 5.97 Å². The highest BCUT2D eigenvalue weighted by Crippen LogP contribution is 2.21. The Kier molecular flexibility index (Phi) is 15.2. The first kappa shape index (κ1) is 39.1. The average Bonchev–Trinajstić information content (AvgIpc) is 3.07. The highest BCUT2D eigenvalue weighted by molar-refractivity contribution is 5.95. The molecule has 2 aromatic rings. The first-order valence-corrected chi connectivity index (χ1v) is 17.1. The lowest BCUT2D eigenvalue weighted by atomic mass is 9.88. The fraction of sp³-hybridized carbons (Fsp3) is 0.528. The van der Waals surface area contributed by atoms with E-state index in [0.29, 0.717) is 25.8 Å². The number of carboxylic acid groups (broad SMARTS) is 1. The van der Waals surface area contributed by atoms with Gasteiger partial charge in [-0.25, -0.2) is 0 Å². The minimum absolute atomic E-state index is 0.000286. The van der Waals surface area contributed by atoms with E-state index < -0.39 is 53.4 Å². The van der Waals surface area contributed by atoms with Crippen LogP contribution < -0.4 is 33.2 Å². The summed E-state index contributed by atoms with van der Waals surface area (Å²) in [6, 6.07) is 14.7. The zero-order valence-corrected chi connectivity index (χ0v) is 28.6. The number of benzene rings is 2. The number of likely N-dealkylation sites (tertiary alicyclic amines) is 1. The maximum absolute atomic E-state index is 13.9. The van der Waals surface area contributed by atoms with Crippen LogP contribution in [0.3, 0.4) is 0 Å². The van der Waals surface area contributed by atoms with Gasteiger partial charge in [0.1, 0.15) is 23.7 Å². The number of amides is 4. The largest absolute Gasteiger partial charge is 0.480 e. The van der Waals surface area contributed by atoms with Crippen molar-refractivity contribution >= 4 is 29.6 Å². The van der Waals surface area contributed by atoms with Crippen LogP contribution in [0.1, 0.15) is 63.5 Å². The summed E-state index contributed by atoms with van der Waals surface area (Å²) in [5.74, 6) is -3.04. The molecule has 1 heterocycles. The number of hydrogen-bond donors (Lipinski definition) is 7. The topological polar surface area (TPSA) is 223 Å². The van der Waals surface area contributed by atoms with Crippen LogP contribution in [0.15, 0.2) is 60.7 Å². The quantitative estimate of drug-likeness (QED) is 0.111. The zero-order valence-electron chi connectivity index (χ0n) is 28.6. The summed E-state index contributed by atoms with van der Waals surface area (Å²) in [7, 11) is 0. The molecule has 1 saturated heterocycles. The Morgan fingerprint density at radius 1 is 0.776 bits per heavy atom. The summed E-state index contributed by atoms with van der Waals surface area (Å²) < 4.78 is 0. The molecule has 1 aliphatic heterocycles. The molecule has 0 aromatic heterocycles. The molecule has 0 aliphatic carbocycles. The Hall–Kier alpha value is -4.33. The molecule has 3 rings (SSSR count). The molecule has 0 radical (unpaired) electrons. The predicted octanol–water partition coefficient (Wildman–Crippen LogP) is 0.833. The van der Waals surface area contributed by atoms with Crippen LogP contribution in [0.4, 0.5) is 0 Å². The predicted molar refractivity (Wildman–Crippen MR) is 187 cm³/mol. The van der Waals surface area contributed by atoms with Crippen LogP contribution in [0.2, 0.25) is 0 Å². The van der Waals surface area contributed by atoms with E-state index in [2.05, 4.69) is 16.0 Å². The van der Waals surface area contributed by atoms with Crippen LogP contribution in [0, 0.1) is 5.92 Å². The molecule has 4 atom stereocenters. The first-order valence-electron chi connectivity index (χ1n) is 17.1. The lowest BCUT2D eigenvalue weighted by molar-refractivity contribution is -0.148. The van der Waals surface area contributed by atoms with Crippen LogP contribution in [-0.4, -0.2) is 88.9 Å². The molecule has 13 nitrogen and oxygen atoms in total. The lowest BCUT2D eigenvalue weighted by Crippen LogP contribution is -2.60. The van der Waals surface area contributed by atoms with Crippen molar-refractivity contribution in [3.05, 3.63) is 71.8 Å². The van der Waals surface area contributed by atoms with E-state index in [9.17, 15) is 29.1 Å². The monoisotopic (exact) mass is 679 g/mol. The van der Waals surface area contributed by atoms with Crippen molar-refractivity contribution in [2.75, 3.05) is 19.6 Å². The highest BCUT2D eigenvalue weighted by Gasteiger charge is 2.40. The number of piperidine rings is 1. The highest BCUT2D eigenvalue weighted by atomic mass is 16.4. The number of hydrogen-bond acceptors (Lipinski definition) is 8. The normalized spacial score (nSPS) is 16.6. The minimum atomic E-state index is -1.40. The van der Waals surface area contributed by atoms with E-state index in [4.69, 9.17) is 17.2 Å². The minimum Gasteiger partial charge on any atom is -0.480 e. The molecule has 0 unspecified atom stereocenters. The van der Waals surface area contributed by atoms with Crippen molar-refractivity contribution in [3.63, 3.8) is 0 Å². The molecular weight excluding hydrogens is 626 g/mol. The van der Waals surface area contributed by atoms with Gasteiger partial charge in [0.25, 0.3) is 0 Å². The van der Waals surface area contributed by atoms with Gasteiger partial charge in [-0.3, -0.25) is 24.0 Å². The fourth-order valence-corrected chi connectivity index (χ4v) is 5.86. The van der Waals surface area contributed by atoms with Crippen molar-refractivity contribution < 1.29 is 29.1 Å². The molecule has 1 fully saturated rings. The van der Waals surface area contributed by atoms with Crippen LogP contribution in [-0.2, 0) is 36.8 Å². The summed E-state index contributed by atoms with van der Waals surface area (Å²) in [6.07, 6.45) is 2.44. The van der Waals surface area contributed by atoms with Gasteiger partial charge in [-0.05, 0) is 68.5 Å². The molecule has 10 N–H and O–H groups in total. The summed E-state index contributed by atoms with van der Waals surface area (Å²) in [5.41, 5.74) is 18.2. The van der Waals surface area contributed by atoms with Gasteiger partial charge < -0.3 is 43.2 Å². The molecule has 1 aliphatic rings. The van der Waals surface area contributed by atoms with E-state index in [1.165, 1.54) is 4.90 Å². The van der Waals surface area contributed by atoms with Gasteiger partial charge in [-0.15, -0.1) is 0 Å². The molecule has 4 amide bonds. The smallest absolute Gasteiger partial charge is 0.323 e.